The Balaban J connectivity index is 1.49. The van der Waals surface area contributed by atoms with Crippen molar-refractivity contribution < 1.29 is 19.4 Å². The van der Waals surface area contributed by atoms with Crippen LogP contribution in [0.2, 0.25) is 10.0 Å². The second kappa shape index (κ2) is 9.39. The first-order chi connectivity index (χ1) is 16.4. The van der Waals surface area contributed by atoms with E-state index in [1.54, 1.807) is 42.5 Å². The first kappa shape index (κ1) is 22.9. The largest absolute Gasteiger partial charge is 0.501 e. The summed E-state index contributed by atoms with van der Waals surface area (Å²) < 4.78 is 12.8. The molecule has 0 spiro atoms. The SMILES string of the molecule is CCOc1ccc(Oc2c(O)c(C(=O)NC3CC4CCC3C4)nn2-c2ccc(Cl)cc2Cl)cc1. The minimum atomic E-state index is -0.435. The summed E-state index contributed by atoms with van der Waals surface area (Å²) in [5, 5.41) is 19.2. The fourth-order valence-corrected chi connectivity index (χ4v) is 5.48. The highest BCUT2D eigenvalue weighted by Crippen LogP contribution is 2.45. The van der Waals surface area contributed by atoms with Gasteiger partial charge in [-0.25, -0.2) is 0 Å². The van der Waals surface area contributed by atoms with Crippen molar-refractivity contribution in [3.63, 3.8) is 0 Å². The molecule has 1 heterocycles. The van der Waals surface area contributed by atoms with Crippen LogP contribution < -0.4 is 14.8 Å². The number of hydrogen-bond acceptors (Lipinski definition) is 5. The fourth-order valence-electron chi connectivity index (χ4n) is 5.00. The number of aromatic hydroxyl groups is 1. The van der Waals surface area contributed by atoms with Gasteiger partial charge in [0.1, 0.15) is 11.5 Å². The Morgan fingerprint density at radius 3 is 2.56 bits per heavy atom. The monoisotopic (exact) mass is 501 g/mol. The van der Waals surface area contributed by atoms with E-state index in [4.69, 9.17) is 32.7 Å². The molecule has 2 bridgehead atoms. The number of halogens is 2. The first-order valence-corrected chi connectivity index (χ1v) is 12.2. The lowest BCUT2D eigenvalue weighted by Crippen LogP contribution is -2.38. The molecule has 3 aromatic rings. The lowest BCUT2D eigenvalue weighted by atomic mass is 9.95. The molecule has 3 unspecified atom stereocenters. The van der Waals surface area contributed by atoms with Crippen LogP contribution in [0.5, 0.6) is 23.1 Å². The van der Waals surface area contributed by atoms with Crippen LogP contribution in [0, 0.1) is 11.8 Å². The number of benzene rings is 2. The average Bonchev–Trinajstić information content (AvgIpc) is 3.51. The zero-order chi connectivity index (χ0) is 23.8. The second-order valence-electron chi connectivity index (χ2n) is 8.77. The van der Waals surface area contributed by atoms with Gasteiger partial charge in [-0.1, -0.05) is 29.6 Å². The van der Waals surface area contributed by atoms with Gasteiger partial charge in [-0.3, -0.25) is 4.79 Å². The minimum Gasteiger partial charge on any atom is -0.501 e. The van der Waals surface area contributed by atoms with E-state index < -0.39 is 5.91 Å². The van der Waals surface area contributed by atoms with E-state index >= 15 is 0 Å². The van der Waals surface area contributed by atoms with Gasteiger partial charge in [0.2, 0.25) is 5.75 Å². The summed E-state index contributed by atoms with van der Waals surface area (Å²) in [6, 6.07) is 11.9. The van der Waals surface area contributed by atoms with Crippen molar-refractivity contribution in [2.45, 2.75) is 38.6 Å². The Bertz CT molecular complexity index is 1210. The topological polar surface area (TPSA) is 85.6 Å². The van der Waals surface area contributed by atoms with Gasteiger partial charge in [-0.05, 0) is 80.5 Å². The Labute approximate surface area is 207 Å². The molecule has 2 N–H and O–H groups in total. The summed E-state index contributed by atoms with van der Waals surface area (Å²) in [6.07, 6.45) is 4.48. The maximum atomic E-state index is 13.1. The van der Waals surface area contributed by atoms with Gasteiger partial charge in [-0.2, -0.15) is 9.78 Å². The average molecular weight is 502 g/mol. The van der Waals surface area contributed by atoms with Crippen molar-refractivity contribution in [2.75, 3.05) is 6.61 Å². The van der Waals surface area contributed by atoms with Crippen molar-refractivity contribution in [3.8, 4) is 28.8 Å². The number of rotatable bonds is 7. The van der Waals surface area contributed by atoms with Gasteiger partial charge in [0.05, 0.1) is 17.3 Å². The smallest absolute Gasteiger partial charge is 0.276 e. The number of amides is 1. The molecule has 5 rings (SSSR count). The molecule has 2 aliphatic rings. The molecule has 9 heteroatoms. The molecule has 178 valence electrons. The molecular weight excluding hydrogens is 477 g/mol. The molecule has 1 aromatic heterocycles. The van der Waals surface area contributed by atoms with Crippen LogP contribution in [-0.4, -0.2) is 33.4 Å². The van der Waals surface area contributed by atoms with E-state index in [-0.39, 0.29) is 23.4 Å². The summed E-state index contributed by atoms with van der Waals surface area (Å²) >= 11 is 12.5. The highest BCUT2D eigenvalue weighted by molar-refractivity contribution is 6.35. The summed E-state index contributed by atoms with van der Waals surface area (Å²) in [4.78, 5) is 13.1. The normalized spacial score (nSPS) is 21.0. The summed E-state index contributed by atoms with van der Waals surface area (Å²) in [5.74, 6) is 1.48. The predicted molar refractivity (Wildman–Crippen MR) is 130 cm³/mol. The summed E-state index contributed by atoms with van der Waals surface area (Å²) in [5.41, 5.74) is 0.302. The molecule has 2 saturated carbocycles. The minimum absolute atomic E-state index is 0.0218. The third-order valence-corrected chi connectivity index (χ3v) is 7.11. The molecule has 34 heavy (non-hydrogen) atoms. The molecule has 7 nitrogen and oxygen atoms in total. The molecule has 2 aromatic carbocycles. The summed E-state index contributed by atoms with van der Waals surface area (Å²) in [6.45, 7) is 2.45. The van der Waals surface area contributed by atoms with Crippen LogP contribution in [0.25, 0.3) is 5.69 Å². The summed E-state index contributed by atoms with van der Waals surface area (Å²) in [7, 11) is 0. The number of nitrogens with zero attached hydrogens (tertiary/aromatic N) is 2. The number of aromatic nitrogens is 2. The van der Waals surface area contributed by atoms with Gasteiger partial charge < -0.3 is 19.9 Å². The Kier molecular flexibility index (Phi) is 6.32. The number of nitrogens with one attached hydrogen (secondary N) is 1. The lowest BCUT2D eigenvalue weighted by molar-refractivity contribution is 0.0914. The van der Waals surface area contributed by atoms with E-state index in [0.29, 0.717) is 45.7 Å². The number of ether oxygens (including phenoxy) is 2. The van der Waals surface area contributed by atoms with Crippen LogP contribution >= 0.6 is 23.2 Å². The Morgan fingerprint density at radius 1 is 1.15 bits per heavy atom. The maximum Gasteiger partial charge on any atom is 0.276 e. The van der Waals surface area contributed by atoms with E-state index in [1.165, 1.54) is 11.1 Å². The zero-order valence-corrected chi connectivity index (χ0v) is 20.1. The fraction of sp³-hybridized carbons (Fsp3) is 0.360. The predicted octanol–water partition coefficient (Wildman–Crippen LogP) is 5.99. The molecule has 0 aliphatic heterocycles. The number of hydrogen-bond donors (Lipinski definition) is 2. The van der Waals surface area contributed by atoms with E-state index in [2.05, 4.69) is 10.4 Å². The van der Waals surface area contributed by atoms with Crippen molar-refractivity contribution in [2.24, 2.45) is 11.8 Å². The van der Waals surface area contributed by atoms with Crippen molar-refractivity contribution in [1.29, 1.82) is 0 Å². The van der Waals surface area contributed by atoms with Crippen LogP contribution in [0.3, 0.4) is 0 Å². The molecule has 3 atom stereocenters. The highest BCUT2D eigenvalue weighted by atomic mass is 35.5. The number of fused-ring (bicyclic) bond motifs is 2. The molecule has 0 saturated heterocycles. The van der Waals surface area contributed by atoms with Crippen LogP contribution in [-0.2, 0) is 0 Å². The van der Waals surface area contributed by atoms with Crippen molar-refractivity contribution in [3.05, 3.63) is 58.2 Å². The number of carbonyl (C=O) groups excluding carboxylic acids is 1. The quantitative estimate of drug-likeness (QED) is 0.414. The maximum absolute atomic E-state index is 13.1. The van der Waals surface area contributed by atoms with Gasteiger partial charge in [0.15, 0.2) is 5.69 Å². The van der Waals surface area contributed by atoms with Crippen molar-refractivity contribution >= 4 is 29.1 Å². The number of carbonyl (C=O) groups is 1. The Morgan fingerprint density at radius 2 is 1.91 bits per heavy atom. The molecule has 2 aliphatic carbocycles. The Hall–Kier alpha value is -2.90. The lowest BCUT2D eigenvalue weighted by Gasteiger charge is -2.22. The molecule has 2 fully saturated rings. The van der Waals surface area contributed by atoms with E-state index in [9.17, 15) is 9.90 Å². The second-order valence-corrected chi connectivity index (χ2v) is 9.61. The van der Waals surface area contributed by atoms with Crippen LogP contribution in [0.15, 0.2) is 42.5 Å². The van der Waals surface area contributed by atoms with Gasteiger partial charge in [-0.15, -0.1) is 0 Å². The third-order valence-electron chi connectivity index (χ3n) is 6.58. The zero-order valence-electron chi connectivity index (χ0n) is 18.6. The highest BCUT2D eigenvalue weighted by Gasteiger charge is 2.41. The first-order valence-electron chi connectivity index (χ1n) is 11.4. The standard InChI is InChI=1S/C25H25Cl2N3O4/c1-2-33-17-6-8-18(9-7-17)34-25-23(31)22(24(32)28-20-12-14-3-4-15(20)11-14)29-30(25)21-10-5-16(26)13-19(21)27/h5-10,13-15,20,31H,2-4,11-12H2,1H3,(H,28,32). The van der Waals surface area contributed by atoms with Gasteiger partial charge in [0.25, 0.3) is 11.8 Å². The van der Waals surface area contributed by atoms with Crippen LogP contribution in [0.1, 0.15) is 43.1 Å². The van der Waals surface area contributed by atoms with E-state index in [1.807, 2.05) is 6.92 Å². The molecule has 0 radical (unpaired) electrons. The van der Waals surface area contributed by atoms with E-state index in [0.717, 1.165) is 19.3 Å². The van der Waals surface area contributed by atoms with Gasteiger partial charge in [0, 0.05) is 11.1 Å². The van der Waals surface area contributed by atoms with Gasteiger partial charge >= 0.3 is 0 Å². The molecule has 1 amide bonds. The van der Waals surface area contributed by atoms with Crippen LogP contribution in [0.4, 0.5) is 0 Å². The molecular formula is C25H25Cl2N3O4. The third kappa shape index (κ3) is 4.42. The van der Waals surface area contributed by atoms with Crippen molar-refractivity contribution in [1.82, 2.24) is 15.1 Å².